The number of amides is 1. The first-order valence-corrected chi connectivity index (χ1v) is 6.79. The van der Waals surface area contributed by atoms with E-state index >= 15 is 0 Å². The van der Waals surface area contributed by atoms with E-state index in [9.17, 15) is 9.59 Å². The standard InChI is InChI=1S/C13H21NO4/c15-12(14-9-4-3-7-18-8-9)10-5-1-2-6-11(10)13(16)17/h9-11H,1-8H2,(H,14,15)(H,16,17)/t9?,10-,11+/m1/s1. The average Bonchev–Trinajstić information content (AvgIpc) is 2.40. The van der Waals surface area contributed by atoms with Gasteiger partial charge in [-0.15, -0.1) is 0 Å². The molecular formula is C13H21NO4. The zero-order valence-corrected chi connectivity index (χ0v) is 10.6. The minimum Gasteiger partial charge on any atom is -0.481 e. The van der Waals surface area contributed by atoms with E-state index in [1.807, 2.05) is 0 Å². The summed E-state index contributed by atoms with van der Waals surface area (Å²) in [7, 11) is 0. The van der Waals surface area contributed by atoms with Gasteiger partial charge in [0.2, 0.25) is 5.91 Å². The van der Waals surface area contributed by atoms with Gasteiger partial charge in [-0.1, -0.05) is 12.8 Å². The maximum absolute atomic E-state index is 12.2. The van der Waals surface area contributed by atoms with Gasteiger partial charge in [-0.3, -0.25) is 9.59 Å². The fourth-order valence-corrected chi connectivity index (χ4v) is 2.90. The van der Waals surface area contributed by atoms with Crippen molar-refractivity contribution in [1.82, 2.24) is 5.32 Å². The summed E-state index contributed by atoms with van der Waals surface area (Å²) in [6.45, 7) is 1.31. The van der Waals surface area contributed by atoms with Gasteiger partial charge in [0, 0.05) is 6.61 Å². The van der Waals surface area contributed by atoms with Crippen molar-refractivity contribution in [1.29, 1.82) is 0 Å². The molecule has 0 aromatic rings. The van der Waals surface area contributed by atoms with Gasteiger partial charge in [-0.05, 0) is 25.7 Å². The highest BCUT2D eigenvalue weighted by atomic mass is 16.5. The van der Waals surface area contributed by atoms with Gasteiger partial charge in [-0.2, -0.15) is 0 Å². The van der Waals surface area contributed by atoms with Gasteiger partial charge in [-0.25, -0.2) is 0 Å². The van der Waals surface area contributed by atoms with Gasteiger partial charge in [0.05, 0.1) is 24.5 Å². The van der Waals surface area contributed by atoms with Gasteiger partial charge >= 0.3 is 5.97 Å². The van der Waals surface area contributed by atoms with Gasteiger partial charge in [0.1, 0.15) is 0 Å². The first-order valence-electron chi connectivity index (χ1n) is 6.79. The third-order valence-electron chi connectivity index (χ3n) is 3.93. The average molecular weight is 255 g/mol. The summed E-state index contributed by atoms with van der Waals surface area (Å²) < 4.78 is 5.31. The van der Waals surface area contributed by atoms with Crippen LogP contribution in [0.4, 0.5) is 0 Å². The summed E-state index contributed by atoms with van der Waals surface area (Å²) in [4.78, 5) is 23.3. The summed E-state index contributed by atoms with van der Waals surface area (Å²) in [5.74, 6) is -1.81. The molecule has 0 aromatic carbocycles. The number of carboxylic acid groups (broad SMARTS) is 1. The molecule has 0 spiro atoms. The fraction of sp³-hybridized carbons (Fsp3) is 0.846. The lowest BCUT2D eigenvalue weighted by Gasteiger charge is -2.30. The SMILES string of the molecule is O=C(O)[C@H]1CCCC[C@H]1C(=O)NC1CCCOC1. The van der Waals surface area contributed by atoms with Crippen LogP contribution in [0.15, 0.2) is 0 Å². The van der Waals surface area contributed by atoms with Crippen molar-refractivity contribution in [2.45, 2.75) is 44.6 Å². The number of rotatable bonds is 3. The van der Waals surface area contributed by atoms with E-state index in [2.05, 4.69) is 5.32 Å². The maximum atomic E-state index is 12.2. The number of ether oxygens (including phenoxy) is 1. The zero-order valence-electron chi connectivity index (χ0n) is 10.6. The second kappa shape index (κ2) is 6.18. The molecule has 1 saturated carbocycles. The van der Waals surface area contributed by atoms with Crippen LogP contribution in [0.2, 0.25) is 0 Å². The van der Waals surface area contributed by atoms with Crippen LogP contribution < -0.4 is 5.32 Å². The zero-order chi connectivity index (χ0) is 13.0. The molecule has 2 N–H and O–H groups in total. The Labute approximate surface area is 107 Å². The Bertz CT molecular complexity index is 312. The highest BCUT2D eigenvalue weighted by molar-refractivity contribution is 5.85. The highest BCUT2D eigenvalue weighted by Crippen LogP contribution is 2.30. The summed E-state index contributed by atoms with van der Waals surface area (Å²) in [6.07, 6.45) is 5.05. The molecule has 2 aliphatic rings. The van der Waals surface area contributed by atoms with Gasteiger partial charge < -0.3 is 15.2 Å². The van der Waals surface area contributed by atoms with Gasteiger partial charge in [0.15, 0.2) is 0 Å². The van der Waals surface area contributed by atoms with Crippen molar-refractivity contribution in [3.8, 4) is 0 Å². The lowest BCUT2D eigenvalue weighted by Crippen LogP contribution is -2.46. The summed E-state index contributed by atoms with van der Waals surface area (Å²) in [5.41, 5.74) is 0. The molecule has 102 valence electrons. The first kappa shape index (κ1) is 13.3. The van der Waals surface area contributed by atoms with E-state index in [4.69, 9.17) is 9.84 Å². The van der Waals surface area contributed by atoms with Crippen LogP contribution in [-0.2, 0) is 14.3 Å². The van der Waals surface area contributed by atoms with Crippen molar-refractivity contribution >= 4 is 11.9 Å². The Morgan fingerprint density at radius 2 is 1.78 bits per heavy atom. The maximum Gasteiger partial charge on any atom is 0.307 e. The highest BCUT2D eigenvalue weighted by Gasteiger charge is 2.36. The van der Waals surface area contributed by atoms with Crippen molar-refractivity contribution in [2.24, 2.45) is 11.8 Å². The van der Waals surface area contributed by atoms with Crippen molar-refractivity contribution < 1.29 is 19.4 Å². The minimum absolute atomic E-state index is 0.0580. The van der Waals surface area contributed by atoms with E-state index in [0.29, 0.717) is 19.4 Å². The van der Waals surface area contributed by atoms with Crippen LogP contribution >= 0.6 is 0 Å². The van der Waals surface area contributed by atoms with Crippen LogP contribution in [0.3, 0.4) is 0 Å². The lowest BCUT2D eigenvalue weighted by atomic mass is 9.78. The van der Waals surface area contributed by atoms with E-state index in [0.717, 1.165) is 32.3 Å². The van der Waals surface area contributed by atoms with Crippen molar-refractivity contribution in [3.63, 3.8) is 0 Å². The normalized spacial score (nSPS) is 32.8. The van der Waals surface area contributed by atoms with Crippen LogP contribution in [0.5, 0.6) is 0 Å². The number of hydrogen-bond acceptors (Lipinski definition) is 3. The topological polar surface area (TPSA) is 75.6 Å². The van der Waals surface area contributed by atoms with E-state index in [1.54, 1.807) is 0 Å². The second-order valence-electron chi connectivity index (χ2n) is 5.26. The van der Waals surface area contributed by atoms with Crippen LogP contribution in [0, 0.1) is 11.8 Å². The molecule has 1 unspecified atom stereocenters. The van der Waals surface area contributed by atoms with E-state index < -0.39 is 11.9 Å². The van der Waals surface area contributed by atoms with Crippen LogP contribution in [0.1, 0.15) is 38.5 Å². The molecule has 2 fully saturated rings. The first-order chi connectivity index (χ1) is 8.68. The Morgan fingerprint density at radius 1 is 1.06 bits per heavy atom. The molecule has 1 aliphatic carbocycles. The van der Waals surface area contributed by atoms with Crippen LogP contribution in [0.25, 0.3) is 0 Å². The predicted molar refractivity (Wildman–Crippen MR) is 65.1 cm³/mol. The number of hydrogen-bond donors (Lipinski definition) is 2. The molecule has 1 amide bonds. The Kier molecular flexibility index (Phi) is 4.58. The molecule has 0 aromatic heterocycles. The van der Waals surface area contributed by atoms with E-state index in [1.165, 1.54) is 0 Å². The molecule has 5 nitrogen and oxygen atoms in total. The molecule has 1 aliphatic heterocycles. The largest absolute Gasteiger partial charge is 0.481 e. The number of carboxylic acids is 1. The Morgan fingerprint density at radius 3 is 2.39 bits per heavy atom. The molecule has 18 heavy (non-hydrogen) atoms. The monoisotopic (exact) mass is 255 g/mol. The number of carbonyl (C=O) groups excluding carboxylic acids is 1. The molecule has 1 heterocycles. The molecule has 3 atom stereocenters. The molecule has 0 bridgehead atoms. The molecule has 1 saturated heterocycles. The molecular weight excluding hydrogens is 234 g/mol. The second-order valence-corrected chi connectivity index (χ2v) is 5.26. The minimum atomic E-state index is -0.838. The third-order valence-corrected chi connectivity index (χ3v) is 3.93. The van der Waals surface area contributed by atoms with Gasteiger partial charge in [0.25, 0.3) is 0 Å². The third kappa shape index (κ3) is 3.22. The van der Waals surface area contributed by atoms with Crippen molar-refractivity contribution in [3.05, 3.63) is 0 Å². The van der Waals surface area contributed by atoms with E-state index in [-0.39, 0.29) is 17.9 Å². The molecule has 5 heteroatoms. The molecule has 2 rings (SSSR count). The Balaban J connectivity index is 1.91. The summed E-state index contributed by atoms with van der Waals surface area (Å²) in [5, 5.41) is 12.1. The fourth-order valence-electron chi connectivity index (χ4n) is 2.90. The summed E-state index contributed by atoms with van der Waals surface area (Å²) >= 11 is 0. The molecule has 0 radical (unpaired) electrons. The summed E-state index contributed by atoms with van der Waals surface area (Å²) in [6, 6.07) is 0.0580. The predicted octanol–water partition coefficient (Wildman–Crippen LogP) is 1.17. The number of aliphatic carboxylic acids is 1. The number of nitrogens with one attached hydrogen (secondary N) is 1. The number of carbonyl (C=O) groups is 2. The lowest BCUT2D eigenvalue weighted by molar-refractivity contribution is -0.149. The van der Waals surface area contributed by atoms with Crippen LogP contribution in [-0.4, -0.2) is 36.2 Å². The Hall–Kier alpha value is -1.10. The quantitative estimate of drug-likeness (QED) is 0.794. The smallest absolute Gasteiger partial charge is 0.307 e. The van der Waals surface area contributed by atoms with Crippen molar-refractivity contribution in [2.75, 3.05) is 13.2 Å².